The molecule has 1 N–H and O–H groups in total. The molecule has 5 nitrogen and oxygen atoms in total. The molecule has 1 aliphatic rings. The van der Waals surface area contributed by atoms with E-state index in [1.54, 1.807) is 17.5 Å². The Kier molecular flexibility index (Phi) is 6.77. The van der Waals surface area contributed by atoms with E-state index in [0.29, 0.717) is 26.1 Å². The lowest BCUT2D eigenvalue weighted by molar-refractivity contribution is -0.124. The Balaban J connectivity index is 1.45. The van der Waals surface area contributed by atoms with Gasteiger partial charge in [-0.05, 0) is 41.7 Å². The first-order chi connectivity index (χ1) is 15.1. The van der Waals surface area contributed by atoms with Crippen molar-refractivity contribution in [2.45, 2.75) is 26.2 Å². The van der Waals surface area contributed by atoms with Crippen molar-refractivity contribution >= 4 is 23.2 Å². The average Bonchev–Trinajstić information content (AvgIpc) is 3.19. The molecule has 0 aliphatic carbocycles. The predicted molar refractivity (Wildman–Crippen MR) is 124 cm³/mol. The predicted octanol–water partition coefficient (Wildman–Crippen LogP) is 4.19. The van der Waals surface area contributed by atoms with Crippen LogP contribution >= 0.6 is 11.3 Å². The summed E-state index contributed by atoms with van der Waals surface area (Å²) in [6.07, 6.45) is 6.27. The third-order valence-corrected chi connectivity index (χ3v) is 6.60. The Morgan fingerprint density at radius 3 is 2.81 bits per heavy atom. The standard InChI is InChI=1S/C25H27N3O2S/c1-2-4-23-14-22(17-31-23)25(30)28-12-11-27-24(29)21(16-28)13-18-6-8-19(9-7-18)20-5-3-10-26-15-20/h3,5-10,14-15,17,21H,2,4,11-13,16H2,1H3,(H,27,29)/t21-/m1/s1. The molecule has 3 heterocycles. The van der Waals surface area contributed by atoms with Crippen molar-refractivity contribution in [3.63, 3.8) is 0 Å². The molecule has 160 valence electrons. The fraction of sp³-hybridized carbons (Fsp3) is 0.320. The van der Waals surface area contributed by atoms with E-state index in [1.165, 1.54) is 4.88 Å². The van der Waals surface area contributed by atoms with E-state index in [-0.39, 0.29) is 17.7 Å². The molecule has 3 aromatic rings. The molecule has 4 rings (SSSR count). The minimum absolute atomic E-state index is 0.0172. The van der Waals surface area contributed by atoms with Gasteiger partial charge in [0.05, 0.1) is 11.5 Å². The highest BCUT2D eigenvalue weighted by atomic mass is 32.1. The summed E-state index contributed by atoms with van der Waals surface area (Å²) in [5, 5.41) is 4.92. The molecule has 31 heavy (non-hydrogen) atoms. The van der Waals surface area contributed by atoms with Crippen molar-refractivity contribution in [2.75, 3.05) is 19.6 Å². The summed E-state index contributed by atoms with van der Waals surface area (Å²) in [6, 6.07) is 14.2. The van der Waals surface area contributed by atoms with Crippen LogP contribution in [0.5, 0.6) is 0 Å². The van der Waals surface area contributed by atoms with Crippen LogP contribution in [0.15, 0.2) is 60.2 Å². The highest BCUT2D eigenvalue weighted by Gasteiger charge is 2.28. The molecule has 0 bridgehead atoms. The van der Waals surface area contributed by atoms with E-state index < -0.39 is 0 Å². The number of aryl methyl sites for hydroxylation is 1. The highest BCUT2D eigenvalue weighted by molar-refractivity contribution is 7.10. The molecular formula is C25H27N3O2S. The van der Waals surface area contributed by atoms with Crippen LogP contribution in [0.3, 0.4) is 0 Å². The number of carbonyl (C=O) groups is 2. The number of pyridine rings is 1. The van der Waals surface area contributed by atoms with Crippen LogP contribution in [-0.2, 0) is 17.6 Å². The minimum atomic E-state index is -0.260. The number of carbonyl (C=O) groups excluding carboxylic acids is 2. The van der Waals surface area contributed by atoms with Crippen LogP contribution in [0.1, 0.15) is 34.1 Å². The van der Waals surface area contributed by atoms with Gasteiger partial charge in [-0.1, -0.05) is 43.7 Å². The second kappa shape index (κ2) is 9.88. The van der Waals surface area contributed by atoms with Gasteiger partial charge in [-0.15, -0.1) is 11.3 Å². The molecule has 1 aliphatic heterocycles. The molecule has 0 saturated carbocycles. The van der Waals surface area contributed by atoms with Gasteiger partial charge in [0.1, 0.15) is 0 Å². The largest absolute Gasteiger partial charge is 0.354 e. The summed E-state index contributed by atoms with van der Waals surface area (Å²) in [5.41, 5.74) is 3.99. The first kappa shape index (κ1) is 21.2. The normalized spacial score (nSPS) is 16.6. The third kappa shape index (κ3) is 5.20. The lowest BCUT2D eigenvalue weighted by Gasteiger charge is -2.23. The number of rotatable bonds is 6. The summed E-state index contributed by atoms with van der Waals surface area (Å²) in [4.78, 5) is 32.9. The maximum atomic E-state index is 13.1. The molecule has 2 amide bonds. The summed E-state index contributed by atoms with van der Waals surface area (Å²) >= 11 is 1.64. The zero-order valence-electron chi connectivity index (χ0n) is 17.7. The summed E-state index contributed by atoms with van der Waals surface area (Å²) in [6.45, 7) is 3.61. The van der Waals surface area contributed by atoms with Crippen molar-refractivity contribution in [3.05, 3.63) is 76.2 Å². The zero-order valence-corrected chi connectivity index (χ0v) is 18.5. The maximum Gasteiger partial charge on any atom is 0.254 e. The minimum Gasteiger partial charge on any atom is -0.354 e. The lowest BCUT2D eigenvalue weighted by Crippen LogP contribution is -2.37. The topological polar surface area (TPSA) is 62.3 Å². The van der Waals surface area contributed by atoms with E-state index in [1.807, 2.05) is 34.7 Å². The molecule has 0 radical (unpaired) electrons. The molecule has 1 fully saturated rings. The summed E-state index contributed by atoms with van der Waals surface area (Å²) < 4.78 is 0. The van der Waals surface area contributed by atoms with E-state index in [9.17, 15) is 9.59 Å². The Bertz CT molecular complexity index is 1030. The van der Waals surface area contributed by atoms with E-state index in [2.05, 4.69) is 41.5 Å². The van der Waals surface area contributed by atoms with E-state index in [4.69, 9.17) is 0 Å². The number of amides is 2. The van der Waals surface area contributed by atoms with Gasteiger partial charge < -0.3 is 10.2 Å². The molecular weight excluding hydrogens is 406 g/mol. The number of nitrogens with one attached hydrogen (secondary N) is 1. The average molecular weight is 434 g/mol. The first-order valence-corrected chi connectivity index (χ1v) is 11.7. The molecule has 0 spiro atoms. The Labute approximate surface area is 187 Å². The van der Waals surface area contributed by atoms with Gasteiger partial charge in [0, 0.05) is 42.3 Å². The molecule has 6 heteroatoms. The van der Waals surface area contributed by atoms with Gasteiger partial charge in [0.25, 0.3) is 5.91 Å². The Hall–Kier alpha value is -2.99. The fourth-order valence-corrected chi connectivity index (χ4v) is 4.91. The quantitative estimate of drug-likeness (QED) is 0.634. The van der Waals surface area contributed by atoms with Crippen molar-refractivity contribution in [1.29, 1.82) is 0 Å². The van der Waals surface area contributed by atoms with Gasteiger partial charge in [0.15, 0.2) is 0 Å². The zero-order chi connectivity index (χ0) is 21.6. The van der Waals surface area contributed by atoms with Crippen LogP contribution in [0.4, 0.5) is 0 Å². The Morgan fingerprint density at radius 1 is 1.23 bits per heavy atom. The molecule has 1 atom stereocenters. The summed E-state index contributed by atoms with van der Waals surface area (Å²) in [7, 11) is 0. The maximum absolute atomic E-state index is 13.1. The van der Waals surface area contributed by atoms with Crippen molar-refractivity contribution < 1.29 is 9.59 Å². The number of hydrogen-bond acceptors (Lipinski definition) is 4. The van der Waals surface area contributed by atoms with Gasteiger partial charge in [-0.3, -0.25) is 14.6 Å². The number of nitrogens with zero attached hydrogens (tertiary/aromatic N) is 2. The fourth-order valence-electron chi connectivity index (χ4n) is 3.94. The Morgan fingerprint density at radius 2 is 2.06 bits per heavy atom. The van der Waals surface area contributed by atoms with Gasteiger partial charge >= 0.3 is 0 Å². The molecule has 0 unspecified atom stereocenters. The lowest BCUT2D eigenvalue weighted by atomic mass is 9.96. The third-order valence-electron chi connectivity index (χ3n) is 5.61. The summed E-state index contributed by atoms with van der Waals surface area (Å²) in [5.74, 6) is -0.222. The number of benzene rings is 1. The number of hydrogen-bond donors (Lipinski definition) is 1. The van der Waals surface area contributed by atoms with Crippen LogP contribution in [0.25, 0.3) is 11.1 Å². The van der Waals surface area contributed by atoms with Crippen molar-refractivity contribution in [1.82, 2.24) is 15.2 Å². The second-order valence-electron chi connectivity index (χ2n) is 7.93. The smallest absolute Gasteiger partial charge is 0.254 e. The van der Waals surface area contributed by atoms with Crippen molar-refractivity contribution in [2.24, 2.45) is 5.92 Å². The van der Waals surface area contributed by atoms with Gasteiger partial charge in [-0.25, -0.2) is 0 Å². The monoisotopic (exact) mass is 433 g/mol. The highest BCUT2D eigenvalue weighted by Crippen LogP contribution is 2.22. The van der Waals surface area contributed by atoms with Crippen molar-refractivity contribution in [3.8, 4) is 11.1 Å². The molecule has 1 aromatic carbocycles. The SMILES string of the molecule is CCCc1cc(C(=O)N2CCNC(=O)[C@H](Cc3ccc(-c4cccnc4)cc3)C2)cs1. The van der Waals surface area contributed by atoms with Crippen LogP contribution in [0, 0.1) is 5.92 Å². The number of aromatic nitrogens is 1. The second-order valence-corrected chi connectivity index (χ2v) is 8.93. The van der Waals surface area contributed by atoms with Crippen LogP contribution < -0.4 is 5.32 Å². The van der Waals surface area contributed by atoms with E-state index >= 15 is 0 Å². The van der Waals surface area contributed by atoms with Crippen LogP contribution in [-0.4, -0.2) is 41.3 Å². The van der Waals surface area contributed by atoms with Gasteiger partial charge in [0.2, 0.25) is 5.91 Å². The first-order valence-electron chi connectivity index (χ1n) is 10.8. The molecule has 2 aromatic heterocycles. The number of thiophene rings is 1. The van der Waals surface area contributed by atoms with E-state index in [0.717, 1.165) is 35.1 Å². The van der Waals surface area contributed by atoms with Crippen LogP contribution in [0.2, 0.25) is 0 Å². The molecule has 1 saturated heterocycles. The van der Waals surface area contributed by atoms with Gasteiger partial charge in [-0.2, -0.15) is 0 Å².